The monoisotopic (exact) mass is 227 g/mol. The lowest BCUT2D eigenvalue weighted by Gasteiger charge is -2.19. The van der Waals surface area contributed by atoms with Gasteiger partial charge < -0.3 is 10.6 Å². The smallest absolute Gasteiger partial charge is 0.239 e. The van der Waals surface area contributed by atoms with Crippen LogP contribution in [0.15, 0.2) is 5.51 Å². The predicted octanol–water partition coefficient (Wildman–Crippen LogP) is 1.15. The van der Waals surface area contributed by atoms with Gasteiger partial charge in [-0.2, -0.15) is 0 Å². The lowest BCUT2D eigenvalue weighted by atomic mass is 10.2. The fourth-order valence-electron chi connectivity index (χ4n) is 1.23. The summed E-state index contributed by atoms with van der Waals surface area (Å²) >= 11 is 1.57. The summed E-state index contributed by atoms with van der Waals surface area (Å²) in [5.74, 6) is -0.00898. The van der Waals surface area contributed by atoms with Crippen molar-refractivity contribution in [2.24, 2.45) is 5.73 Å². The SMILES string of the molecule is CC[C@H](N)C(=O)N(C)Cc1scnc1C. The van der Waals surface area contributed by atoms with Gasteiger partial charge in [0.25, 0.3) is 0 Å². The minimum Gasteiger partial charge on any atom is -0.339 e. The predicted molar refractivity (Wildman–Crippen MR) is 61.6 cm³/mol. The van der Waals surface area contributed by atoms with Gasteiger partial charge in [0.05, 0.1) is 23.8 Å². The minimum atomic E-state index is -0.386. The third-order valence-corrected chi connectivity index (χ3v) is 3.28. The molecule has 0 saturated heterocycles. The first-order chi connectivity index (χ1) is 7.06. The number of hydrogen-bond acceptors (Lipinski definition) is 4. The number of hydrogen-bond donors (Lipinski definition) is 1. The maximum Gasteiger partial charge on any atom is 0.239 e. The van der Waals surface area contributed by atoms with Crippen LogP contribution in [0.4, 0.5) is 0 Å². The Morgan fingerprint density at radius 2 is 2.40 bits per heavy atom. The van der Waals surface area contributed by atoms with Gasteiger partial charge in [0, 0.05) is 11.9 Å². The van der Waals surface area contributed by atoms with Gasteiger partial charge in [0.2, 0.25) is 5.91 Å². The van der Waals surface area contributed by atoms with Crippen molar-refractivity contribution in [1.82, 2.24) is 9.88 Å². The number of thiazole rings is 1. The molecule has 5 heteroatoms. The van der Waals surface area contributed by atoms with E-state index in [1.54, 1.807) is 28.8 Å². The summed E-state index contributed by atoms with van der Waals surface area (Å²) in [5.41, 5.74) is 8.47. The van der Waals surface area contributed by atoms with E-state index < -0.39 is 0 Å². The van der Waals surface area contributed by atoms with Gasteiger partial charge in [0.1, 0.15) is 0 Å². The summed E-state index contributed by atoms with van der Waals surface area (Å²) in [5, 5.41) is 0. The molecule has 1 atom stereocenters. The molecule has 1 rings (SSSR count). The molecule has 0 spiro atoms. The van der Waals surface area contributed by atoms with E-state index in [4.69, 9.17) is 5.73 Å². The number of amides is 1. The van der Waals surface area contributed by atoms with Crippen LogP contribution in [0.2, 0.25) is 0 Å². The molecule has 84 valence electrons. The van der Waals surface area contributed by atoms with E-state index in [9.17, 15) is 4.79 Å². The molecule has 0 saturated carbocycles. The Hall–Kier alpha value is -0.940. The Bertz CT molecular complexity index is 337. The molecule has 4 nitrogen and oxygen atoms in total. The third kappa shape index (κ3) is 3.00. The molecule has 2 N–H and O–H groups in total. The summed E-state index contributed by atoms with van der Waals surface area (Å²) in [6.45, 7) is 4.46. The van der Waals surface area contributed by atoms with Crippen molar-refractivity contribution in [3.8, 4) is 0 Å². The van der Waals surface area contributed by atoms with E-state index >= 15 is 0 Å². The number of aromatic nitrogens is 1. The molecule has 0 bridgehead atoms. The highest BCUT2D eigenvalue weighted by Crippen LogP contribution is 2.14. The highest BCUT2D eigenvalue weighted by Gasteiger charge is 2.17. The normalized spacial score (nSPS) is 12.5. The lowest BCUT2D eigenvalue weighted by Crippen LogP contribution is -2.40. The Morgan fingerprint density at radius 1 is 1.73 bits per heavy atom. The van der Waals surface area contributed by atoms with Crippen molar-refractivity contribution in [2.45, 2.75) is 32.9 Å². The second-order valence-electron chi connectivity index (χ2n) is 3.57. The highest BCUT2D eigenvalue weighted by molar-refractivity contribution is 7.09. The van der Waals surface area contributed by atoms with Crippen LogP contribution in [-0.2, 0) is 11.3 Å². The Labute approximate surface area is 94.1 Å². The van der Waals surface area contributed by atoms with Gasteiger partial charge in [-0.1, -0.05) is 6.92 Å². The van der Waals surface area contributed by atoms with Crippen molar-refractivity contribution in [1.29, 1.82) is 0 Å². The highest BCUT2D eigenvalue weighted by atomic mass is 32.1. The van der Waals surface area contributed by atoms with Crippen molar-refractivity contribution in [3.63, 3.8) is 0 Å². The van der Waals surface area contributed by atoms with Gasteiger partial charge >= 0.3 is 0 Å². The van der Waals surface area contributed by atoms with Crippen LogP contribution in [0, 0.1) is 6.92 Å². The third-order valence-electron chi connectivity index (χ3n) is 2.36. The average molecular weight is 227 g/mol. The van der Waals surface area contributed by atoms with E-state index in [1.165, 1.54) is 0 Å². The molecular formula is C10H17N3OS. The van der Waals surface area contributed by atoms with Gasteiger partial charge in [-0.15, -0.1) is 11.3 Å². The fourth-order valence-corrected chi connectivity index (χ4v) is 2.06. The number of carbonyl (C=O) groups excluding carboxylic acids is 1. The van der Waals surface area contributed by atoms with Crippen molar-refractivity contribution in [2.75, 3.05) is 7.05 Å². The molecule has 0 radical (unpaired) electrons. The van der Waals surface area contributed by atoms with E-state index in [2.05, 4.69) is 4.98 Å². The molecule has 0 aliphatic carbocycles. The van der Waals surface area contributed by atoms with E-state index in [0.29, 0.717) is 13.0 Å². The van der Waals surface area contributed by atoms with Crippen LogP contribution in [0.1, 0.15) is 23.9 Å². The minimum absolute atomic E-state index is 0.00898. The summed E-state index contributed by atoms with van der Waals surface area (Å²) in [7, 11) is 1.77. The second-order valence-corrected chi connectivity index (χ2v) is 4.51. The molecule has 1 aromatic heterocycles. The van der Waals surface area contributed by atoms with E-state index in [0.717, 1.165) is 10.6 Å². The zero-order valence-electron chi connectivity index (χ0n) is 9.36. The first-order valence-electron chi connectivity index (χ1n) is 4.95. The number of rotatable bonds is 4. The number of carbonyl (C=O) groups is 1. The van der Waals surface area contributed by atoms with Crippen molar-refractivity contribution in [3.05, 3.63) is 16.1 Å². The van der Waals surface area contributed by atoms with Crippen molar-refractivity contribution >= 4 is 17.2 Å². The molecule has 0 fully saturated rings. The molecular weight excluding hydrogens is 210 g/mol. The zero-order chi connectivity index (χ0) is 11.4. The first kappa shape index (κ1) is 12.1. The summed E-state index contributed by atoms with van der Waals surface area (Å²) in [4.78, 5) is 18.6. The standard InChI is InChI=1S/C10H17N3OS/c1-4-8(11)10(14)13(3)5-9-7(2)12-6-15-9/h6,8H,4-5,11H2,1-3H3/t8-/m0/s1. The Kier molecular flexibility index (Phi) is 4.23. The molecule has 15 heavy (non-hydrogen) atoms. The maximum atomic E-state index is 11.7. The van der Waals surface area contributed by atoms with Crippen LogP contribution in [0.25, 0.3) is 0 Å². The molecule has 1 amide bonds. The molecule has 1 heterocycles. The van der Waals surface area contributed by atoms with Crippen LogP contribution < -0.4 is 5.73 Å². The quantitative estimate of drug-likeness (QED) is 0.839. The van der Waals surface area contributed by atoms with Crippen LogP contribution in [0.3, 0.4) is 0 Å². The van der Waals surface area contributed by atoms with Gasteiger partial charge in [-0.05, 0) is 13.3 Å². The summed E-state index contributed by atoms with van der Waals surface area (Å²) < 4.78 is 0. The maximum absolute atomic E-state index is 11.7. The van der Waals surface area contributed by atoms with E-state index in [1.807, 2.05) is 13.8 Å². The zero-order valence-corrected chi connectivity index (χ0v) is 10.2. The molecule has 0 aliphatic rings. The number of nitrogens with zero attached hydrogens (tertiary/aromatic N) is 2. The number of nitrogens with two attached hydrogens (primary N) is 1. The molecule has 0 aliphatic heterocycles. The average Bonchev–Trinajstić information content (AvgIpc) is 2.62. The summed E-state index contributed by atoms with van der Waals surface area (Å²) in [6.07, 6.45) is 0.671. The summed E-state index contributed by atoms with van der Waals surface area (Å²) in [6, 6.07) is -0.386. The first-order valence-corrected chi connectivity index (χ1v) is 5.83. The van der Waals surface area contributed by atoms with Gasteiger partial charge in [0.15, 0.2) is 0 Å². The number of likely N-dealkylation sites (N-methyl/N-ethyl adjacent to an activating group) is 1. The van der Waals surface area contributed by atoms with Crippen molar-refractivity contribution < 1.29 is 4.79 Å². The molecule has 0 unspecified atom stereocenters. The van der Waals surface area contributed by atoms with Crippen LogP contribution in [0.5, 0.6) is 0 Å². The van der Waals surface area contributed by atoms with E-state index in [-0.39, 0.29) is 11.9 Å². The van der Waals surface area contributed by atoms with Crippen LogP contribution >= 0.6 is 11.3 Å². The van der Waals surface area contributed by atoms with Gasteiger partial charge in [-0.3, -0.25) is 4.79 Å². The largest absolute Gasteiger partial charge is 0.339 e. The Morgan fingerprint density at radius 3 is 2.87 bits per heavy atom. The van der Waals surface area contributed by atoms with Gasteiger partial charge in [-0.25, -0.2) is 4.98 Å². The second kappa shape index (κ2) is 5.23. The molecule has 0 aromatic carbocycles. The van der Waals surface area contributed by atoms with Crippen LogP contribution in [-0.4, -0.2) is 28.9 Å². The number of aryl methyl sites for hydroxylation is 1. The topological polar surface area (TPSA) is 59.2 Å². The lowest BCUT2D eigenvalue weighted by molar-refractivity contribution is -0.131. The molecule has 1 aromatic rings. The Balaban J connectivity index is 2.60. The fraction of sp³-hybridized carbons (Fsp3) is 0.600.